The molecule has 0 atom stereocenters. The lowest BCUT2D eigenvalue weighted by Crippen LogP contribution is -2.22. The average molecular weight is 338 g/mol. The SMILES string of the molecule is Cc1cc(C)cc(OCCCn2c(C(C)(C)O)nc3ccccc32)c1. The minimum absolute atomic E-state index is 0.626. The quantitative estimate of drug-likeness (QED) is 0.680. The topological polar surface area (TPSA) is 47.3 Å². The second-order valence-electron chi connectivity index (χ2n) is 7.16. The van der Waals surface area contributed by atoms with Crippen LogP contribution >= 0.6 is 0 Å². The van der Waals surface area contributed by atoms with Gasteiger partial charge in [0.1, 0.15) is 17.2 Å². The summed E-state index contributed by atoms with van der Waals surface area (Å²) in [6, 6.07) is 14.2. The van der Waals surface area contributed by atoms with Crippen molar-refractivity contribution in [1.82, 2.24) is 9.55 Å². The van der Waals surface area contributed by atoms with Crippen molar-refractivity contribution < 1.29 is 9.84 Å². The number of para-hydroxylation sites is 2. The fourth-order valence-corrected chi connectivity index (χ4v) is 3.20. The van der Waals surface area contributed by atoms with E-state index in [2.05, 4.69) is 41.6 Å². The van der Waals surface area contributed by atoms with Gasteiger partial charge in [0.25, 0.3) is 0 Å². The van der Waals surface area contributed by atoms with Crippen molar-refractivity contribution in [3.8, 4) is 5.75 Å². The van der Waals surface area contributed by atoms with E-state index in [9.17, 15) is 5.11 Å². The summed E-state index contributed by atoms with van der Waals surface area (Å²) in [7, 11) is 0. The van der Waals surface area contributed by atoms with Gasteiger partial charge in [0.2, 0.25) is 0 Å². The molecular formula is C21H26N2O2. The van der Waals surface area contributed by atoms with Crippen molar-refractivity contribution in [2.45, 2.75) is 46.3 Å². The van der Waals surface area contributed by atoms with E-state index >= 15 is 0 Å². The van der Waals surface area contributed by atoms with E-state index in [4.69, 9.17) is 4.74 Å². The lowest BCUT2D eigenvalue weighted by Gasteiger charge is -2.19. The smallest absolute Gasteiger partial charge is 0.141 e. The molecule has 0 aliphatic rings. The Morgan fingerprint density at radius 1 is 1.08 bits per heavy atom. The van der Waals surface area contributed by atoms with E-state index in [1.165, 1.54) is 11.1 Å². The van der Waals surface area contributed by atoms with Crippen LogP contribution in [0.3, 0.4) is 0 Å². The maximum atomic E-state index is 10.5. The Morgan fingerprint density at radius 2 is 1.76 bits per heavy atom. The van der Waals surface area contributed by atoms with Crippen LogP contribution < -0.4 is 4.74 Å². The van der Waals surface area contributed by atoms with E-state index in [0.717, 1.165) is 29.7 Å². The van der Waals surface area contributed by atoms with E-state index in [0.29, 0.717) is 12.4 Å². The number of benzene rings is 2. The minimum atomic E-state index is -0.979. The molecule has 0 aliphatic carbocycles. The van der Waals surface area contributed by atoms with Crippen LogP contribution in [-0.2, 0) is 12.1 Å². The van der Waals surface area contributed by atoms with E-state index in [1.54, 1.807) is 13.8 Å². The molecule has 0 saturated carbocycles. The van der Waals surface area contributed by atoms with E-state index < -0.39 is 5.60 Å². The fraction of sp³-hybridized carbons (Fsp3) is 0.381. The van der Waals surface area contributed by atoms with E-state index in [1.807, 2.05) is 24.3 Å². The van der Waals surface area contributed by atoms with Crippen LogP contribution in [0, 0.1) is 13.8 Å². The molecule has 0 fully saturated rings. The Hall–Kier alpha value is -2.33. The summed E-state index contributed by atoms with van der Waals surface area (Å²) in [5.41, 5.74) is 3.40. The highest BCUT2D eigenvalue weighted by Gasteiger charge is 2.24. The van der Waals surface area contributed by atoms with Crippen LogP contribution in [0.2, 0.25) is 0 Å². The van der Waals surface area contributed by atoms with Gasteiger partial charge in [-0.2, -0.15) is 0 Å². The molecule has 1 aromatic heterocycles. The zero-order valence-electron chi connectivity index (χ0n) is 15.4. The lowest BCUT2D eigenvalue weighted by molar-refractivity contribution is 0.0649. The molecule has 0 unspecified atom stereocenters. The van der Waals surface area contributed by atoms with Gasteiger partial charge in [-0.15, -0.1) is 0 Å². The fourth-order valence-electron chi connectivity index (χ4n) is 3.20. The summed E-state index contributed by atoms with van der Waals surface area (Å²) in [5.74, 6) is 1.61. The van der Waals surface area contributed by atoms with Gasteiger partial charge in [0.05, 0.1) is 17.6 Å². The van der Waals surface area contributed by atoms with Gasteiger partial charge in [-0.3, -0.25) is 0 Å². The summed E-state index contributed by atoms with van der Waals surface area (Å²) in [6.45, 7) is 9.08. The first kappa shape index (κ1) is 17.5. The van der Waals surface area contributed by atoms with Crippen LogP contribution in [0.1, 0.15) is 37.2 Å². The van der Waals surface area contributed by atoms with Crippen molar-refractivity contribution >= 4 is 11.0 Å². The molecule has 0 aliphatic heterocycles. The summed E-state index contributed by atoms with van der Waals surface area (Å²) < 4.78 is 8.00. The molecule has 3 aromatic rings. The number of hydrogen-bond acceptors (Lipinski definition) is 3. The Balaban J connectivity index is 1.72. The number of hydrogen-bond donors (Lipinski definition) is 1. The Labute approximate surface area is 149 Å². The predicted octanol–water partition coefficient (Wildman–Crippen LogP) is 4.35. The van der Waals surface area contributed by atoms with E-state index in [-0.39, 0.29) is 0 Å². The molecule has 3 rings (SSSR count). The third-order valence-corrected chi connectivity index (χ3v) is 4.19. The molecule has 1 N–H and O–H groups in total. The van der Waals surface area contributed by atoms with Crippen molar-refractivity contribution in [2.75, 3.05) is 6.61 Å². The van der Waals surface area contributed by atoms with Gasteiger partial charge in [-0.1, -0.05) is 18.2 Å². The number of aryl methyl sites for hydroxylation is 3. The zero-order valence-corrected chi connectivity index (χ0v) is 15.4. The van der Waals surface area contributed by atoms with Crippen molar-refractivity contribution in [3.05, 3.63) is 59.4 Å². The Morgan fingerprint density at radius 3 is 2.44 bits per heavy atom. The summed E-state index contributed by atoms with van der Waals surface area (Å²) >= 11 is 0. The van der Waals surface area contributed by atoms with Gasteiger partial charge >= 0.3 is 0 Å². The molecule has 0 bridgehead atoms. The molecule has 0 amide bonds. The molecule has 132 valence electrons. The van der Waals surface area contributed by atoms with Crippen LogP contribution in [0.25, 0.3) is 11.0 Å². The minimum Gasteiger partial charge on any atom is -0.494 e. The molecule has 4 heteroatoms. The van der Waals surface area contributed by atoms with Gasteiger partial charge in [-0.05, 0) is 69.5 Å². The average Bonchev–Trinajstić information content (AvgIpc) is 2.90. The molecule has 0 saturated heterocycles. The number of aliphatic hydroxyl groups is 1. The van der Waals surface area contributed by atoms with Gasteiger partial charge in [-0.25, -0.2) is 4.98 Å². The first-order valence-corrected chi connectivity index (χ1v) is 8.74. The van der Waals surface area contributed by atoms with Crippen molar-refractivity contribution in [1.29, 1.82) is 0 Å². The largest absolute Gasteiger partial charge is 0.494 e. The molecule has 2 aromatic carbocycles. The second kappa shape index (κ2) is 6.89. The number of fused-ring (bicyclic) bond motifs is 1. The number of rotatable bonds is 6. The summed E-state index contributed by atoms with van der Waals surface area (Å²) in [5, 5.41) is 10.5. The molecule has 1 heterocycles. The van der Waals surface area contributed by atoms with Gasteiger partial charge in [0, 0.05) is 6.54 Å². The van der Waals surface area contributed by atoms with Crippen molar-refractivity contribution in [3.63, 3.8) is 0 Å². The maximum Gasteiger partial charge on any atom is 0.141 e. The highest BCUT2D eigenvalue weighted by molar-refractivity contribution is 5.76. The molecular weight excluding hydrogens is 312 g/mol. The molecule has 0 spiro atoms. The normalized spacial score (nSPS) is 11.9. The van der Waals surface area contributed by atoms with Crippen LogP contribution in [-0.4, -0.2) is 21.3 Å². The first-order valence-electron chi connectivity index (χ1n) is 8.74. The second-order valence-corrected chi connectivity index (χ2v) is 7.16. The predicted molar refractivity (Wildman–Crippen MR) is 101 cm³/mol. The highest BCUT2D eigenvalue weighted by Crippen LogP contribution is 2.25. The van der Waals surface area contributed by atoms with Crippen LogP contribution in [0.5, 0.6) is 5.75 Å². The molecule has 0 radical (unpaired) electrons. The molecule has 4 nitrogen and oxygen atoms in total. The lowest BCUT2D eigenvalue weighted by atomic mass is 10.1. The third kappa shape index (κ3) is 4.02. The zero-order chi connectivity index (χ0) is 18.0. The summed E-state index contributed by atoms with van der Waals surface area (Å²) in [6.07, 6.45) is 0.844. The van der Waals surface area contributed by atoms with Crippen LogP contribution in [0.15, 0.2) is 42.5 Å². The standard InChI is InChI=1S/C21H26N2O2/c1-15-12-16(2)14-17(13-15)25-11-7-10-23-19-9-6-5-8-18(19)22-20(23)21(3,4)24/h5-6,8-9,12-14,24H,7,10-11H2,1-4H3. The maximum absolute atomic E-state index is 10.5. The number of nitrogens with zero attached hydrogens (tertiary/aromatic N) is 2. The Bertz CT molecular complexity index is 855. The Kier molecular flexibility index (Phi) is 4.82. The van der Waals surface area contributed by atoms with Gasteiger partial charge in [0.15, 0.2) is 0 Å². The third-order valence-electron chi connectivity index (χ3n) is 4.19. The summed E-state index contributed by atoms with van der Waals surface area (Å²) in [4.78, 5) is 4.62. The monoisotopic (exact) mass is 338 g/mol. The van der Waals surface area contributed by atoms with Crippen molar-refractivity contribution in [2.24, 2.45) is 0 Å². The first-order chi connectivity index (χ1) is 11.8. The number of ether oxygens (including phenoxy) is 1. The highest BCUT2D eigenvalue weighted by atomic mass is 16.5. The van der Waals surface area contributed by atoms with Gasteiger partial charge < -0.3 is 14.4 Å². The number of aromatic nitrogens is 2. The molecule has 25 heavy (non-hydrogen) atoms. The van der Waals surface area contributed by atoms with Crippen LogP contribution in [0.4, 0.5) is 0 Å². The number of imidazole rings is 1.